The first-order valence-electron chi connectivity index (χ1n) is 12.1. The molecule has 8 heteroatoms. The molecular formula is C28H29N5O3. The molecule has 1 aromatic carbocycles. The number of rotatable bonds is 8. The van der Waals surface area contributed by atoms with Crippen molar-refractivity contribution in [1.29, 1.82) is 0 Å². The highest BCUT2D eigenvalue weighted by molar-refractivity contribution is 6.03. The molecule has 8 nitrogen and oxygen atoms in total. The fourth-order valence-corrected chi connectivity index (χ4v) is 4.37. The van der Waals surface area contributed by atoms with Crippen LogP contribution < -0.4 is 4.74 Å². The molecule has 4 aromatic rings. The van der Waals surface area contributed by atoms with Gasteiger partial charge in [0.25, 0.3) is 5.91 Å². The zero-order valence-electron chi connectivity index (χ0n) is 20.5. The molecule has 0 bridgehead atoms. The average molecular weight is 484 g/mol. The number of carbonyl (C=O) groups is 1. The molecule has 0 spiro atoms. The van der Waals surface area contributed by atoms with Crippen molar-refractivity contribution in [3.05, 3.63) is 84.1 Å². The van der Waals surface area contributed by atoms with E-state index >= 15 is 0 Å². The van der Waals surface area contributed by atoms with Gasteiger partial charge in [-0.2, -0.15) is 5.10 Å². The van der Waals surface area contributed by atoms with E-state index in [0.717, 1.165) is 39.4 Å². The van der Waals surface area contributed by atoms with Gasteiger partial charge in [-0.25, -0.2) is 0 Å². The number of amides is 1. The van der Waals surface area contributed by atoms with E-state index in [4.69, 9.17) is 9.84 Å². The topological polar surface area (TPSA) is 93.4 Å². The van der Waals surface area contributed by atoms with Crippen LogP contribution in [0.5, 0.6) is 5.75 Å². The Morgan fingerprint density at radius 2 is 1.78 bits per heavy atom. The van der Waals surface area contributed by atoms with Crippen molar-refractivity contribution in [2.24, 2.45) is 0 Å². The molecule has 1 aliphatic heterocycles. The average Bonchev–Trinajstić information content (AvgIpc) is 3.31. The number of benzene rings is 1. The summed E-state index contributed by atoms with van der Waals surface area (Å²) in [7, 11) is 0. The van der Waals surface area contributed by atoms with Gasteiger partial charge in [0, 0.05) is 54.1 Å². The highest BCUT2D eigenvalue weighted by Crippen LogP contribution is 2.37. The predicted molar refractivity (Wildman–Crippen MR) is 137 cm³/mol. The van der Waals surface area contributed by atoms with Crippen LogP contribution in [0.1, 0.15) is 41.5 Å². The molecule has 1 amide bonds. The Kier molecular flexibility index (Phi) is 6.77. The lowest BCUT2D eigenvalue weighted by Gasteiger charge is -2.27. The van der Waals surface area contributed by atoms with Crippen LogP contribution in [-0.4, -0.2) is 55.4 Å². The van der Waals surface area contributed by atoms with E-state index in [9.17, 15) is 9.90 Å². The number of β-amino-alcohol motifs (C(OH)–C–C–N with tert-alkyl or cyclic N) is 1. The first kappa shape index (κ1) is 23.7. The lowest BCUT2D eigenvalue weighted by Crippen LogP contribution is -2.42. The molecule has 0 radical (unpaired) electrons. The zero-order chi connectivity index (χ0) is 25.1. The molecule has 5 rings (SSSR count). The van der Waals surface area contributed by atoms with Crippen molar-refractivity contribution < 1.29 is 14.6 Å². The minimum atomic E-state index is -0.129. The van der Waals surface area contributed by atoms with E-state index in [1.165, 1.54) is 0 Å². The molecule has 0 unspecified atom stereocenters. The van der Waals surface area contributed by atoms with Gasteiger partial charge >= 0.3 is 0 Å². The fourth-order valence-electron chi connectivity index (χ4n) is 4.37. The van der Waals surface area contributed by atoms with Crippen molar-refractivity contribution in [3.63, 3.8) is 0 Å². The second kappa shape index (κ2) is 10.3. The molecule has 4 heterocycles. The lowest BCUT2D eigenvalue weighted by molar-refractivity contribution is 0.0662. The van der Waals surface area contributed by atoms with Gasteiger partial charge in [0.2, 0.25) is 0 Å². The monoisotopic (exact) mass is 483 g/mol. The van der Waals surface area contributed by atoms with Crippen LogP contribution in [0.25, 0.3) is 22.4 Å². The Morgan fingerprint density at radius 3 is 2.44 bits per heavy atom. The normalized spacial score (nSPS) is 13.2. The predicted octanol–water partition coefficient (Wildman–Crippen LogP) is 4.16. The van der Waals surface area contributed by atoms with Crippen molar-refractivity contribution in [2.75, 3.05) is 19.7 Å². The van der Waals surface area contributed by atoms with E-state index < -0.39 is 0 Å². The van der Waals surface area contributed by atoms with Gasteiger partial charge in [-0.1, -0.05) is 32.0 Å². The van der Waals surface area contributed by atoms with Crippen molar-refractivity contribution in [3.8, 4) is 28.1 Å². The maximum absolute atomic E-state index is 13.3. The SMILES string of the molecule is CC(C)c1ccc(COc2ccc(-c3c(-c4ccncc4)nn4c3C(=O)N(CCO)CC4)cc2)cn1. The van der Waals surface area contributed by atoms with Crippen LogP contribution in [0.4, 0.5) is 0 Å². The van der Waals surface area contributed by atoms with E-state index in [0.29, 0.717) is 37.9 Å². The number of ether oxygens (including phenoxy) is 1. The molecule has 0 aliphatic carbocycles. The number of fused-ring (bicyclic) bond motifs is 1. The number of hydrogen-bond donors (Lipinski definition) is 1. The van der Waals surface area contributed by atoms with Crippen molar-refractivity contribution >= 4 is 5.91 Å². The molecule has 36 heavy (non-hydrogen) atoms. The summed E-state index contributed by atoms with van der Waals surface area (Å²) in [6.45, 7) is 5.98. The number of nitrogens with zero attached hydrogens (tertiary/aromatic N) is 5. The summed E-state index contributed by atoms with van der Waals surface area (Å²) < 4.78 is 7.77. The van der Waals surface area contributed by atoms with Gasteiger partial charge < -0.3 is 14.7 Å². The Morgan fingerprint density at radius 1 is 1.00 bits per heavy atom. The van der Waals surface area contributed by atoms with Gasteiger partial charge in [0.15, 0.2) is 0 Å². The quantitative estimate of drug-likeness (QED) is 0.405. The number of pyridine rings is 2. The van der Waals surface area contributed by atoms with Gasteiger partial charge in [0.1, 0.15) is 23.7 Å². The first-order valence-corrected chi connectivity index (χ1v) is 12.1. The summed E-state index contributed by atoms with van der Waals surface area (Å²) in [5.41, 5.74) is 5.86. The van der Waals surface area contributed by atoms with Crippen LogP contribution >= 0.6 is 0 Å². The fraction of sp³-hybridized carbons (Fsp3) is 0.286. The van der Waals surface area contributed by atoms with Crippen LogP contribution in [-0.2, 0) is 13.2 Å². The highest BCUT2D eigenvalue weighted by Gasteiger charge is 2.32. The molecule has 0 atom stereocenters. The third-order valence-electron chi connectivity index (χ3n) is 6.34. The van der Waals surface area contributed by atoms with E-state index in [2.05, 4.69) is 23.8 Å². The molecule has 0 saturated carbocycles. The summed E-state index contributed by atoms with van der Waals surface area (Å²) >= 11 is 0. The minimum absolute atomic E-state index is 0.0752. The Hall–Kier alpha value is -4.04. The molecule has 1 N–H and O–H groups in total. The molecule has 3 aromatic heterocycles. The first-order chi connectivity index (χ1) is 17.5. The number of aromatic nitrogens is 4. The maximum atomic E-state index is 13.3. The second-order valence-corrected chi connectivity index (χ2v) is 9.11. The second-order valence-electron chi connectivity index (χ2n) is 9.11. The minimum Gasteiger partial charge on any atom is -0.489 e. The summed E-state index contributed by atoms with van der Waals surface area (Å²) in [5.74, 6) is 0.990. The third kappa shape index (κ3) is 4.72. The summed E-state index contributed by atoms with van der Waals surface area (Å²) in [5, 5.41) is 14.2. The van der Waals surface area contributed by atoms with Crippen molar-refractivity contribution in [1.82, 2.24) is 24.6 Å². The van der Waals surface area contributed by atoms with E-state index in [1.807, 2.05) is 54.7 Å². The van der Waals surface area contributed by atoms with Crippen LogP contribution in [0.3, 0.4) is 0 Å². The van der Waals surface area contributed by atoms with Gasteiger partial charge in [-0.3, -0.25) is 19.4 Å². The summed E-state index contributed by atoms with van der Waals surface area (Å²) in [6.07, 6.45) is 5.29. The molecule has 1 aliphatic rings. The van der Waals surface area contributed by atoms with E-state index in [1.54, 1.807) is 22.0 Å². The zero-order valence-corrected chi connectivity index (χ0v) is 20.5. The standard InChI is InChI=1S/C28H29N5O3/c1-19(2)24-8-3-20(17-30-24)18-36-23-6-4-21(5-7-23)25-26(22-9-11-29-12-10-22)31-33-14-13-32(15-16-34)28(35)27(25)33/h3-12,17,19,34H,13-16,18H2,1-2H3. The molecule has 0 fully saturated rings. The Balaban J connectivity index is 1.44. The van der Waals surface area contributed by atoms with Crippen LogP contribution in [0.2, 0.25) is 0 Å². The number of aliphatic hydroxyl groups is 1. The maximum Gasteiger partial charge on any atom is 0.272 e. The molecule has 0 saturated heterocycles. The van der Waals surface area contributed by atoms with Crippen LogP contribution in [0.15, 0.2) is 67.1 Å². The Labute approximate surface area is 210 Å². The summed E-state index contributed by atoms with van der Waals surface area (Å²) in [4.78, 5) is 23.6. The number of carbonyl (C=O) groups excluding carboxylic acids is 1. The lowest BCUT2D eigenvalue weighted by atomic mass is 9.98. The molecule has 184 valence electrons. The number of aliphatic hydroxyl groups excluding tert-OH is 1. The van der Waals surface area contributed by atoms with Gasteiger partial charge in [0.05, 0.1) is 13.2 Å². The highest BCUT2D eigenvalue weighted by atomic mass is 16.5. The van der Waals surface area contributed by atoms with Crippen LogP contribution in [0, 0.1) is 0 Å². The van der Waals surface area contributed by atoms with E-state index in [-0.39, 0.29) is 12.5 Å². The smallest absolute Gasteiger partial charge is 0.272 e. The van der Waals surface area contributed by atoms with Crippen molar-refractivity contribution in [2.45, 2.75) is 32.9 Å². The molecular weight excluding hydrogens is 454 g/mol. The van der Waals surface area contributed by atoms with Gasteiger partial charge in [-0.05, 0) is 41.8 Å². The third-order valence-corrected chi connectivity index (χ3v) is 6.34. The summed E-state index contributed by atoms with van der Waals surface area (Å²) in [6, 6.07) is 15.6. The number of hydrogen-bond acceptors (Lipinski definition) is 6. The largest absolute Gasteiger partial charge is 0.489 e. The van der Waals surface area contributed by atoms with Gasteiger partial charge in [-0.15, -0.1) is 0 Å². The Bertz CT molecular complexity index is 1330.